The zero-order chi connectivity index (χ0) is 13.4. The van der Waals surface area contributed by atoms with E-state index in [4.69, 9.17) is 0 Å². The zero-order valence-corrected chi connectivity index (χ0v) is 12.9. The second-order valence-electron chi connectivity index (χ2n) is 4.81. The van der Waals surface area contributed by atoms with Gasteiger partial charge >= 0.3 is 0 Å². The van der Waals surface area contributed by atoms with E-state index in [2.05, 4.69) is 13.8 Å². The Kier molecular flexibility index (Phi) is 4.08. The van der Waals surface area contributed by atoms with Gasteiger partial charge in [0.05, 0.1) is 11.5 Å². The first-order valence-electron chi connectivity index (χ1n) is 5.68. The second kappa shape index (κ2) is 5.13. The standard InChI is InChI=1S/C11H17NO3S3/c1-11(2)8-12(4-6-17-11)18(14,15)10-3-5-16-9(10)7-13/h3,5,13H,4,6-8H2,1-2H3. The number of rotatable bonds is 3. The van der Waals surface area contributed by atoms with Crippen LogP contribution >= 0.6 is 23.1 Å². The van der Waals surface area contributed by atoms with E-state index < -0.39 is 10.0 Å². The molecule has 1 fully saturated rings. The molecule has 0 unspecified atom stereocenters. The molecule has 0 atom stereocenters. The molecule has 1 aliphatic rings. The first kappa shape index (κ1) is 14.3. The minimum atomic E-state index is -3.46. The average molecular weight is 307 g/mol. The molecule has 0 aliphatic carbocycles. The van der Waals surface area contributed by atoms with Crippen molar-refractivity contribution < 1.29 is 13.5 Å². The quantitative estimate of drug-likeness (QED) is 0.924. The van der Waals surface area contributed by atoms with E-state index in [1.54, 1.807) is 23.2 Å². The molecule has 1 aliphatic heterocycles. The highest BCUT2D eigenvalue weighted by Gasteiger charge is 2.35. The van der Waals surface area contributed by atoms with Gasteiger partial charge in [-0.15, -0.1) is 11.3 Å². The van der Waals surface area contributed by atoms with Crippen LogP contribution in [0.25, 0.3) is 0 Å². The van der Waals surface area contributed by atoms with Crippen molar-refractivity contribution in [3.05, 3.63) is 16.3 Å². The first-order chi connectivity index (χ1) is 8.37. The Morgan fingerprint density at radius 1 is 1.50 bits per heavy atom. The number of thioether (sulfide) groups is 1. The second-order valence-corrected chi connectivity index (χ2v) is 9.52. The van der Waals surface area contributed by atoms with Gasteiger partial charge in [0.15, 0.2) is 0 Å². The number of nitrogens with zero attached hydrogens (tertiary/aromatic N) is 1. The molecule has 2 rings (SSSR count). The van der Waals surface area contributed by atoms with Crippen molar-refractivity contribution in [2.75, 3.05) is 18.8 Å². The molecule has 1 aromatic heterocycles. The first-order valence-corrected chi connectivity index (χ1v) is 8.99. The van der Waals surface area contributed by atoms with Gasteiger partial charge in [0, 0.05) is 28.5 Å². The minimum Gasteiger partial charge on any atom is -0.391 e. The molecule has 1 N–H and O–H groups in total. The summed E-state index contributed by atoms with van der Waals surface area (Å²) >= 11 is 3.07. The van der Waals surface area contributed by atoms with E-state index >= 15 is 0 Å². The van der Waals surface area contributed by atoms with Crippen molar-refractivity contribution in [3.8, 4) is 0 Å². The number of hydrogen-bond donors (Lipinski definition) is 1. The van der Waals surface area contributed by atoms with Crippen LogP contribution in [-0.4, -0.2) is 41.4 Å². The van der Waals surface area contributed by atoms with Crippen LogP contribution in [-0.2, 0) is 16.6 Å². The third-order valence-corrected chi connectivity index (χ3v) is 7.12. The van der Waals surface area contributed by atoms with Crippen molar-refractivity contribution >= 4 is 33.1 Å². The Bertz CT molecular complexity index is 521. The summed E-state index contributed by atoms with van der Waals surface area (Å²) in [5.41, 5.74) is 0. The fourth-order valence-corrected chi connectivity index (χ4v) is 6.17. The van der Waals surface area contributed by atoms with Crippen LogP contribution in [0.2, 0.25) is 0 Å². The summed E-state index contributed by atoms with van der Waals surface area (Å²) in [7, 11) is -3.46. The summed E-state index contributed by atoms with van der Waals surface area (Å²) in [6, 6.07) is 1.58. The highest BCUT2D eigenvalue weighted by atomic mass is 32.2. The molecule has 0 aromatic carbocycles. The van der Waals surface area contributed by atoms with Gasteiger partial charge in [-0.05, 0) is 25.3 Å². The van der Waals surface area contributed by atoms with Crippen LogP contribution in [0.15, 0.2) is 16.3 Å². The predicted molar refractivity (Wildman–Crippen MR) is 75.5 cm³/mol. The molecule has 0 spiro atoms. The fraction of sp³-hybridized carbons (Fsp3) is 0.636. The normalized spacial score (nSPS) is 21.1. The molecular formula is C11H17NO3S3. The summed E-state index contributed by atoms with van der Waals surface area (Å²) in [6.07, 6.45) is 0. The van der Waals surface area contributed by atoms with E-state index in [0.717, 1.165) is 5.75 Å². The molecule has 2 heterocycles. The highest BCUT2D eigenvalue weighted by molar-refractivity contribution is 8.00. The maximum absolute atomic E-state index is 12.5. The molecule has 0 bridgehead atoms. The van der Waals surface area contributed by atoms with Crippen molar-refractivity contribution in [1.82, 2.24) is 4.31 Å². The van der Waals surface area contributed by atoms with Gasteiger partial charge in [0.25, 0.3) is 0 Å². The van der Waals surface area contributed by atoms with Crippen molar-refractivity contribution in [1.29, 1.82) is 0 Å². The van der Waals surface area contributed by atoms with Gasteiger partial charge in [-0.3, -0.25) is 0 Å². The zero-order valence-electron chi connectivity index (χ0n) is 10.4. The van der Waals surface area contributed by atoms with Gasteiger partial charge in [-0.1, -0.05) is 0 Å². The number of thiophene rings is 1. The Morgan fingerprint density at radius 2 is 2.22 bits per heavy atom. The molecule has 7 heteroatoms. The van der Waals surface area contributed by atoms with Crippen LogP contribution in [0.4, 0.5) is 0 Å². The maximum atomic E-state index is 12.5. The molecule has 102 valence electrons. The lowest BCUT2D eigenvalue weighted by Gasteiger charge is -2.36. The summed E-state index contributed by atoms with van der Waals surface area (Å²) in [4.78, 5) is 0.781. The molecule has 18 heavy (non-hydrogen) atoms. The van der Waals surface area contributed by atoms with Crippen molar-refractivity contribution in [3.63, 3.8) is 0 Å². The number of hydrogen-bond acceptors (Lipinski definition) is 5. The largest absolute Gasteiger partial charge is 0.391 e. The third kappa shape index (κ3) is 2.75. The van der Waals surface area contributed by atoms with Gasteiger partial charge in [-0.2, -0.15) is 16.1 Å². The van der Waals surface area contributed by atoms with Crippen LogP contribution in [0.5, 0.6) is 0 Å². The summed E-state index contributed by atoms with van der Waals surface area (Å²) in [6.45, 7) is 4.94. The minimum absolute atomic E-state index is 0.0548. The Balaban J connectivity index is 2.32. The van der Waals surface area contributed by atoms with Crippen molar-refractivity contribution in [2.24, 2.45) is 0 Å². The highest BCUT2D eigenvalue weighted by Crippen LogP contribution is 2.34. The summed E-state index contributed by atoms with van der Waals surface area (Å²) in [5.74, 6) is 0.810. The topological polar surface area (TPSA) is 57.6 Å². The number of aliphatic hydroxyl groups is 1. The van der Waals surface area contributed by atoms with Gasteiger partial charge in [-0.25, -0.2) is 8.42 Å². The molecule has 4 nitrogen and oxygen atoms in total. The van der Waals surface area contributed by atoms with Crippen molar-refractivity contribution in [2.45, 2.75) is 30.1 Å². The molecule has 0 amide bonds. The van der Waals surface area contributed by atoms with Crippen LogP contribution in [0.1, 0.15) is 18.7 Å². The smallest absolute Gasteiger partial charge is 0.244 e. The SMILES string of the molecule is CC1(C)CN(S(=O)(=O)c2ccsc2CO)CCS1. The van der Waals surface area contributed by atoms with E-state index in [1.165, 1.54) is 15.6 Å². The Labute approximate surface area is 116 Å². The summed E-state index contributed by atoms with van der Waals surface area (Å²) in [5, 5.41) is 10.9. The lowest BCUT2D eigenvalue weighted by Crippen LogP contribution is -2.46. The van der Waals surface area contributed by atoms with Crippen LogP contribution in [0, 0.1) is 0 Å². The van der Waals surface area contributed by atoms with Crippen LogP contribution in [0.3, 0.4) is 0 Å². The molecule has 0 radical (unpaired) electrons. The van der Waals surface area contributed by atoms with Crippen LogP contribution < -0.4 is 0 Å². The summed E-state index contributed by atoms with van der Waals surface area (Å²) < 4.78 is 26.5. The van der Waals surface area contributed by atoms with E-state index in [9.17, 15) is 13.5 Å². The van der Waals surface area contributed by atoms with E-state index in [-0.39, 0.29) is 16.2 Å². The average Bonchev–Trinajstić information content (AvgIpc) is 2.76. The third-order valence-electron chi connectivity index (χ3n) is 2.86. The Morgan fingerprint density at radius 3 is 2.83 bits per heavy atom. The van der Waals surface area contributed by atoms with E-state index in [0.29, 0.717) is 18.0 Å². The molecule has 1 saturated heterocycles. The molecule has 1 aromatic rings. The van der Waals surface area contributed by atoms with Gasteiger partial charge in [0.1, 0.15) is 0 Å². The van der Waals surface area contributed by atoms with E-state index in [1.807, 2.05) is 0 Å². The Hall–Kier alpha value is -0.0800. The monoisotopic (exact) mass is 307 g/mol. The lowest BCUT2D eigenvalue weighted by molar-refractivity contribution is 0.282. The molecule has 0 saturated carbocycles. The maximum Gasteiger partial charge on any atom is 0.244 e. The fourth-order valence-electron chi connectivity index (χ4n) is 1.99. The number of sulfonamides is 1. The van der Waals surface area contributed by atoms with Gasteiger partial charge < -0.3 is 5.11 Å². The predicted octanol–water partition coefficient (Wildman–Crippen LogP) is 1.76. The molecular weight excluding hydrogens is 290 g/mol. The lowest BCUT2D eigenvalue weighted by atomic mass is 10.2. The van der Waals surface area contributed by atoms with Gasteiger partial charge in [0.2, 0.25) is 10.0 Å². The number of aliphatic hydroxyl groups excluding tert-OH is 1.